The Bertz CT molecular complexity index is 971. The lowest BCUT2D eigenvalue weighted by Crippen LogP contribution is -2.28. The highest BCUT2D eigenvalue weighted by Gasteiger charge is 2.15. The molecular weight excluding hydrogens is 372 g/mol. The van der Waals surface area contributed by atoms with E-state index in [1.165, 1.54) is 22.9 Å². The lowest BCUT2D eigenvalue weighted by atomic mass is 10.1. The predicted molar refractivity (Wildman–Crippen MR) is 111 cm³/mol. The highest BCUT2D eigenvalue weighted by atomic mass is 32.2. The monoisotopic (exact) mass is 396 g/mol. The molecule has 0 radical (unpaired) electrons. The van der Waals surface area contributed by atoms with Crippen molar-refractivity contribution in [1.29, 1.82) is 0 Å². The Morgan fingerprint density at radius 1 is 1.18 bits per heavy atom. The van der Waals surface area contributed by atoms with Gasteiger partial charge in [-0.15, -0.1) is 10.2 Å². The van der Waals surface area contributed by atoms with Gasteiger partial charge in [-0.1, -0.05) is 36.0 Å². The molecule has 0 saturated carbocycles. The van der Waals surface area contributed by atoms with Crippen LogP contribution in [0.4, 0.5) is 0 Å². The van der Waals surface area contributed by atoms with Gasteiger partial charge in [0.2, 0.25) is 5.91 Å². The Morgan fingerprint density at radius 2 is 1.96 bits per heavy atom. The molecule has 1 aromatic heterocycles. The Hall–Kier alpha value is -2.80. The van der Waals surface area contributed by atoms with Gasteiger partial charge >= 0.3 is 0 Å². The summed E-state index contributed by atoms with van der Waals surface area (Å²) < 4.78 is 7.27. The van der Waals surface area contributed by atoms with Crippen LogP contribution in [0, 0.1) is 13.8 Å². The lowest BCUT2D eigenvalue weighted by Gasteiger charge is -2.18. The molecule has 146 valence electrons. The predicted octanol–water partition coefficient (Wildman–Crippen LogP) is 3.64. The summed E-state index contributed by atoms with van der Waals surface area (Å²) in [4.78, 5) is 14.3. The average Bonchev–Trinajstić information content (AvgIpc) is 3.17. The first-order valence-electron chi connectivity index (χ1n) is 8.96. The highest BCUT2D eigenvalue weighted by Crippen LogP contribution is 2.23. The van der Waals surface area contributed by atoms with Gasteiger partial charge in [0.15, 0.2) is 5.16 Å². The molecule has 0 spiro atoms. The van der Waals surface area contributed by atoms with E-state index in [0.717, 1.165) is 17.0 Å². The first-order valence-corrected chi connectivity index (χ1v) is 9.94. The van der Waals surface area contributed by atoms with E-state index in [0.29, 0.717) is 11.7 Å². The second kappa shape index (κ2) is 8.93. The number of aryl methyl sites for hydroxylation is 2. The van der Waals surface area contributed by atoms with Gasteiger partial charge in [0.05, 0.1) is 12.9 Å². The maximum absolute atomic E-state index is 12.6. The van der Waals surface area contributed by atoms with Gasteiger partial charge < -0.3 is 9.64 Å². The molecule has 0 saturated heterocycles. The summed E-state index contributed by atoms with van der Waals surface area (Å²) in [5.41, 5.74) is 4.41. The molecule has 3 aromatic rings. The third-order valence-electron chi connectivity index (χ3n) is 4.64. The summed E-state index contributed by atoms with van der Waals surface area (Å²) in [6.45, 7) is 4.65. The molecule has 0 aliphatic heterocycles. The minimum absolute atomic E-state index is 0.0190. The molecule has 1 amide bonds. The largest absolute Gasteiger partial charge is 0.496 e. The van der Waals surface area contributed by atoms with Crippen molar-refractivity contribution in [2.24, 2.45) is 0 Å². The summed E-state index contributed by atoms with van der Waals surface area (Å²) in [5.74, 6) is 1.09. The fraction of sp³-hybridized carbons (Fsp3) is 0.286. The van der Waals surface area contributed by atoms with E-state index in [1.54, 1.807) is 25.4 Å². The number of hydrogen-bond donors (Lipinski definition) is 0. The maximum Gasteiger partial charge on any atom is 0.233 e. The Morgan fingerprint density at radius 3 is 2.71 bits per heavy atom. The molecule has 0 aliphatic carbocycles. The molecule has 0 atom stereocenters. The van der Waals surface area contributed by atoms with Crippen molar-refractivity contribution < 1.29 is 9.53 Å². The smallest absolute Gasteiger partial charge is 0.233 e. The van der Waals surface area contributed by atoms with Gasteiger partial charge in [-0.05, 0) is 43.2 Å². The van der Waals surface area contributed by atoms with E-state index in [-0.39, 0.29) is 11.7 Å². The highest BCUT2D eigenvalue weighted by molar-refractivity contribution is 7.99. The van der Waals surface area contributed by atoms with Gasteiger partial charge in [0.1, 0.15) is 12.1 Å². The number of nitrogens with zero attached hydrogens (tertiary/aromatic N) is 4. The number of para-hydroxylation sites is 1. The van der Waals surface area contributed by atoms with Crippen LogP contribution < -0.4 is 4.74 Å². The number of ether oxygens (including phenoxy) is 1. The molecule has 2 aromatic carbocycles. The number of amides is 1. The van der Waals surface area contributed by atoms with Crippen molar-refractivity contribution in [3.63, 3.8) is 0 Å². The van der Waals surface area contributed by atoms with Crippen LogP contribution in [0.2, 0.25) is 0 Å². The average molecular weight is 397 g/mol. The van der Waals surface area contributed by atoms with E-state index >= 15 is 0 Å². The molecule has 28 heavy (non-hydrogen) atoms. The molecule has 0 fully saturated rings. The van der Waals surface area contributed by atoms with Crippen molar-refractivity contribution in [3.05, 3.63) is 65.5 Å². The number of methoxy groups -OCH3 is 1. The van der Waals surface area contributed by atoms with Gasteiger partial charge in [0, 0.05) is 24.8 Å². The van der Waals surface area contributed by atoms with Crippen molar-refractivity contribution in [3.8, 4) is 11.4 Å². The summed E-state index contributed by atoms with van der Waals surface area (Å²) in [5, 5.41) is 8.88. The lowest BCUT2D eigenvalue weighted by molar-refractivity contribution is -0.127. The van der Waals surface area contributed by atoms with Gasteiger partial charge in [-0.25, -0.2) is 0 Å². The molecule has 3 rings (SSSR count). The molecular formula is C21H24N4O2S. The molecule has 0 N–H and O–H groups in total. The quantitative estimate of drug-likeness (QED) is 0.571. The number of benzene rings is 2. The number of carbonyl (C=O) groups is 1. The fourth-order valence-electron chi connectivity index (χ4n) is 2.79. The van der Waals surface area contributed by atoms with Crippen molar-refractivity contribution in [2.45, 2.75) is 25.5 Å². The fourth-order valence-corrected chi connectivity index (χ4v) is 3.66. The van der Waals surface area contributed by atoms with E-state index in [1.807, 2.05) is 34.9 Å². The van der Waals surface area contributed by atoms with Crippen LogP contribution in [0.1, 0.15) is 16.7 Å². The van der Waals surface area contributed by atoms with E-state index in [2.05, 4.69) is 36.2 Å². The molecule has 0 unspecified atom stereocenters. The molecule has 7 heteroatoms. The van der Waals surface area contributed by atoms with Crippen LogP contribution in [0.5, 0.6) is 5.75 Å². The summed E-state index contributed by atoms with van der Waals surface area (Å²) >= 11 is 1.38. The maximum atomic E-state index is 12.6. The van der Waals surface area contributed by atoms with Crippen molar-refractivity contribution >= 4 is 17.7 Å². The molecule has 6 nitrogen and oxygen atoms in total. The van der Waals surface area contributed by atoms with Crippen LogP contribution in [-0.4, -0.2) is 45.5 Å². The minimum Gasteiger partial charge on any atom is -0.496 e. The topological polar surface area (TPSA) is 60.2 Å². The van der Waals surface area contributed by atoms with Crippen LogP contribution in [-0.2, 0) is 11.3 Å². The second-order valence-electron chi connectivity index (χ2n) is 6.60. The van der Waals surface area contributed by atoms with Crippen molar-refractivity contribution in [1.82, 2.24) is 19.7 Å². The van der Waals surface area contributed by atoms with Crippen LogP contribution >= 0.6 is 11.8 Å². The number of hydrogen-bond acceptors (Lipinski definition) is 5. The van der Waals surface area contributed by atoms with Gasteiger partial charge in [0.25, 0.3) is 0 Å². The van der Waals surface area contributed by atoms with E-state index < -0.39 is 0 Å². The Kier molecular flexibility index (Phi) is 6.36. The summed E-state index contributed by atoms with van der Waals surface area (Å²) in [7, 11) is 3.43. The van der Waals surface area contributed by atoms with Crippen LogP contribution in [0.25, 0.3) is 5.69 Å². The molecule has 0 bridgehead atoms. The molecule has 0 aliphatic rings. The Labute approximate surface area is 169 Å². The number of thioether (sulfide) groups is 1. The second-order valence-corrected chi connectivity index (χ2v) is 7.54. The SMILES string of the molecule is COc1ccccc1CN(C)C(=O)CSc1nncn1-c1ccc(C)c(C)c1. The van der Waals surface area contributed by atoms with Gasteiger partial charge in [-0.2, -0.15) is 0 Å². The van der Waals surface area contributed by atoms with Gasteiger partial charge in [-0.3, -0.25) is 9.36 Å². The first kappa shape index (κ1) is 19.9. The summed E-state index contributed by atoms with van der Waals surface area (Å²) in [6, 6.07) is 13.9. The van der Waals surface area contributed by atoms with E-state index in [9.17, 15) is 4.79 Å². The Balaban J connectivity index is 1.65. The van der Waals surface area contributed by atoms with Crippen LogP contribution in [0.15, 0.2) is 53.9 Å². The first-order chi connectivity index (χ1) is 13.5. The summed E-state index contributed by atoms with van der Waals surface area (Å²) in [6.07, 6.45) is 1.68. The third kappa shape index (κ3) is 4.54. The number of carbonyl (C=O) groups excluding carboxylic acids is 1. The zero-order valence-corrected chi connectivity index (χ0v) is 17.4. The number of aromatic nitrogens is 3. The zero-order chi connectivity index (χ0) is 20.1. The standard InChI is InChI=1S/C21H24N4O2S/c1-15-9-10-18(11-16(15)2)25-14-22-23-21(25)28-13-20(26)24(3)12-17-7-5-6-8-19(17)27-4/h5-11,14H,12-13H2,1-4H3. The minimum atomic E-state index is 0.0190. The zero-order valence-electron chi connectivity index (χ0n) is 16.5. The normalized spacial score (nSPS) is 10.7. The van der Waals surface area contributed by atoms with E-state index in [4.69, 9.17) is 4.74 Å². The third-order valence-corrected chi connectivity index (χ3v) is 5.56. The molecule has 1 heterocycles. The van der Waals surface area contributed by atoms with Crippen LogP contribution in [0.3, 0.4) is 0 Å². The number of rotatable bonds is 7. The van der Waals surface area contributed by atoms with Crippen molar-refractivity contribution in [2.75, 3.05) is 19.9 Å².